The molecule has 0 saturated heterocycles. The van der Waals surface area contributed by atoms with Gasteiger partial charge in [0.15, 0.2) is 11.5 Å². The van der Waals surface area contributed by atoms with Crippen molar-refractivity contribution in [1.82, 2.24) is 15.1 Å². The monoisotopic (exact) mass is 365 g/mol. The Morgan fingerprint density at radius 3 is 2.85 bits per heavy atom. The van der Waals surface area contributed by atoms with Crippen molar-refractivity contribution < 1.29 is 18.7 Å². The predicted molar refractivity (Wildman–Crippen MR) is 96.8 cm³/mol. The number of ether oxygens (including phenoxy) is 2. The van der Waals surface area contributed by atoms with Gasteiger partial charge in [0.25, 0.3) is 5.91 Å². The summed E-state index contributed by atoms with van der Waals surface area (Å²) in [6, 6.07) is 7.31. The fraction of sp³-hybridized carbons (Fsp3) is 0.300. The summed E-state index contributed by atoms with van der Waals surface area (Å²) in [5.74, 6) is 2.96. The highest BCUT2D eigenvalue weighted by Gasteiger charge is 2.28. The number of hydrogen-bond acceptors (Lipinski definition) is 5. The molecule has 2 aliphatic rings. The average Bonchev–Trinajstić information content (AvgIpc) is 3.37. The summed E-state index contributed by atoms with van der Waals surface area (Å²) in [4.78, 5) is 14.9. The second-order valence-electron chi connectivity index (χ2n) is 6.90. The Kier molecular flexibility index (Phi) is 3.50. The molecule has 2 aliphatic heterocycles. The van der Waals surface area contributed by atoms with E-state index >= 15 is 0 Å². The zero-order valence-electron chi connectivity index (χ0n) is 15.2. The van der Waals surface area contributed by atoms with E-state index in [4.69, 9.17) is 13.9 Å². The summed E-state index contributed by atoms with van der Waals surface area (Å²) in [5, 5.41) is 7.62. The summed E-state index contributed by atoms with van der Waals surface area (Å²) in [7, 11) is 0. The molecule has 0 bridgehead atoms. The van der Waals surface area contributed by atoms with Crippen molar-refractivity contribution in [2.24, 2.45) is 0 Å². The third kappa shape index (κ3) is 2.58. The Balaban J connectivity index is 1.45. The zero-order valence-corrected chi connectivity index (χ0v) is 15.2. The van der Waals surface area contributed by atoms with Crippen molar-refractivity contribution in [3.8, 4) is 22.8 Å². The van der Waals surface area contributed by atoms with Gasteiger partial charge in [0, 0.05) is 41.9 Å². The highest BCUT2D eigenvalue weighted by atomic mass is 16.7. The van der Waals surface area contributed by atoms with Gasteiger partial charge in [-0.2, -0.15) is 5.10 Å². The van der Waals surface area contributed by atoms with Crippen LogP contribution in [0.25, 0.3) is 11.3 Å². The number of rotatable bonds is 2. The molecule has 0 aliphatic carbocycles. The van der Waals surface area contributed by atoms with E-state index in [2.05, 4.69) is 10.2 Å². The predicted octanol–water partition coefficient (Wildman–Crippen LogP) is 3.21. The SMILES string of the molecule is Cc1cc(-c2n[nH]c3c2CN(C(=O)c2ccc4c(c2)OCO4)CC3)c(C)o1. The molecule has 0 saturated carbocycles. The molecule has 5 rings (SSSR count). The number of amides is 1. The standard InChI is InChI=1S/C20H19N3O4/c1-11-7-14(12(2)27-11)19-15-9-23(6-5-16(15)21-22-19)20(24)13-3-4-17-18(8-13)26-10-25-17/h3-4,7-8H,5-6,9-10H2,1-2H3,(H,21,22). The largest absolute Gasteiger partial charge is 0.466 e. The highest BCUT2D eigenvalue weighted by Crippen LogP contribution is 2.35. The minimum absolute atomic E-state index is 0.0220. The van der Waals surface area contributed by atoms with Crippen LogP contribution < -0.4 is 9.47 Å². The number of nitrogens with zero attached hydrogens (tertiary/aromatic N) is 2. The van der Waals surface area contributed by atoms with Crippen molar-refractivity contribution in [1.29, 1.82) is 0 Å². The van der Waals surface area contributed by atoms with Crippen LogP contribution in [0.15, 0.2) is 28.7 Å². The Labute approximate surface area is 155 Å². The topological polar surface area (TPSA) is 80.6 Å². The van der Waals surface area contributed by atoms with Crippen LogP contribution in [0.5, 0.6) is 11.5 Å². The number of aromatic amines is 1. The van der Waals surface area contributed by atoms with E-state index in [0.29, 0.717) is 30.2 Å². The van der Waals surface area contributed by atoms with Crippen LogP contribution >= 0.6 is 0 Å². The molecule has 1 amide bonds. The number of carbonyl (C=O) groups excluding carboxylic acids is 1. The van der Waals surface area contributed by atoms with E-state index in [1.54, 1.807) is 18.2 Å². The third-order valence-electron chi connectivity index (χ3n) is 5.14. The summed E-state index contributed by atoms with van der Waals surface area (Å²) in [6.45, 7) is 5.21. The molecule has 0 fully saturated rings. The van der Waals surface area contributed by atoms with Crippen molar-refractivity contribution in [3.63, 3.8) is 0 Å². The van der Waals surface area contributed by atoms with Crippen LogP contribution in [0, 0.1) is 13.8 Å². The van der Waals surface area contributed by atoms with Crippen LogP contribution in [-0.2, 0) is 13.0 Å². The molecule has 1 N–H and O–H groups in total. The summed E-state index contributed by atoms with van der Waals surface area (Å²) >= 11 is 0. The molecule has 0 unspecified atom stereocenters. The van der Waals surface area contributed by atoms with Gasteiger partial charge in [-0.1, -0.05) is 0 Å². The van der Waals surface area contributed by atoms with Crippen molar-refractivity contribution in [2.75, 3.05) is 13.3 Å². The molecule has 7 heteroatoms. The lowest BCUT2D eigenvalue weighted by Crippen LogP contribution is -2.35. The maximum Gasteiger partial charge on any atom is 0.254 e. The molecule has 7 nitrogen and oxygen atoms in total. The lowest BCUT2D eigenvalue weighted by molar-refractivity contribution is 0.0734. The smallest absolute Gasteiger partial charge is 0.254 e. The minimum atomic E-state index is -0.0220. The zero-order chi connectivity index (χ0) is 18.5. The van der Waals surface area contributed by atoms with E-state index in [0.717, 1.165) is 40.5 Å². The molecule has 27 heavy (non-hydrogen) atoms. The van der Waals surface area contributed by atoms with E-state index in [1.807, 2.05) is 24.8 Å². The molecule has 3 aromatic rings. The van der Waals surface area contributed by atoms with Gasteiger partial charge in [-0.15, -0.1) is 0 Å². The molecule has 0 radical (unpaired) electrons. The first kappa shape index (κ1) is 16.0. The number of hydrogen-bond donors (Lipinski definition) is 1. The van der Waals surface area contributed by atoms with E-state index in [1.165, 1.54) is 0 Å². The van der Waals surface area contributed by atoms with Crippen molar-refractivity contribution in [2.45, 2.75) is 26.8 Å². The minimum Gasteiger partial charge on any atom is -0.466 e. The van der Waals surface area contributed by atoms with Gasteiger partial charge >= 0.3 is 0 Å². The maximum atomic E-state index is 13.0. The second kappa shape index (κ2) is 5.90. The number of aryl methyl sites for hydroxylation is 2. The highest BCUT2D eigenvalue weighted by molar-refractivity contribution is 5.95. The van der Waals surface area contributed by atoms with E-state index in [-0.39, 0.29) is 12.7 Å². The molecule has 4 heterocycles. The van der Waals surface area contributed by atoms with Gasteiger partial charge in [-0.25, -0.2) is 0 Å². The summed E-state index contributed by atoms with van der Waals surface area (Å²) < 4.78 is 16.4. The number of fused-ring (bicyclic) bond motifs is 2. The molecule has 1 aromatic carbocycles. The van der Waals surface area contributed by atoms with Gasteiger partial charge in [-0.3, -0.25) is 9.89 Å². The maximum absolute atomic E-state index is 13.0. The Morgan fingerprint density at radius 1 is 1.19 bits per heavy atom. The number of H-pyrrole nitrogens is 1. The van der Waals surface area contributed by atoms with E-state index < -0.39 is 0 Å². The molecular weight excluding hydrogens is 346 g/mol. The fourth-order valence-electron chi connectivity index (χ4n) is 3.77. The van der Waals surface area contributed by atoms with Gasteiger partial charge < -0.3 is 18.8 Å². The number of benzene rings is 1. The van der Waals surface area contributed by atoms with Gasteiger partial charge in [0.1, 0.15) is 17.2 Å². The Hall–Kier alpha value is -3.22. The number of nitrogens with one attached hydrogen (secondary N) is 1. The number of carbonyl (C=O) groups is 1. The van der Waals surface area contributed by atoms with Gasteiger partial charge in [0.2, 0.25) is 6.79 Å². The summed E-state index contributed by atoms with van der Waals surface area (Å²) in [5.41, 5.74) is 4.57. The number of furan rings is 1. The Bertz CT molecular complexity index is 1050. The Morgan fingerprint density at radius 2 is 2.04 bits per heavy atom. The number of aromatic nitrogens is 2. The van der Waals surface area contributed by atoms with E-state index in [9.17, 15) is 4.79 Å². The van der Waals surface area contributed by atoms with Crippen LogP contribution in [0.1, 0.15) is 33.1 Å². The second-order valence-corrected chi connectivity index (χ2v) is 6.90. The molecular formula is C20H19N3O4. The average molecular weight is 365 g/mol. The van der Waals surface area contributed by atoms with Gasteiger partial charge in [-0.05, 0) is 38.1 Å². The molecule has 0 spiro atoms. The first-order chi connectivity index (χ1) is 13.1. The first-order valence-electron chi connectivity index (χ1n) is 8.92. The van der Waals surface area contributed by atoms with Crippen LogP contribution in [-0.4, -0.2) is 34.3 Å². The van der Waals surface area contributed by atoms with Crippen LogP contribution in [0.3, 0.4) is 0 Å². The lowest BCUT2D eigenvalue weighted by atomic mass is 10.0. The third-order valence-corrected chi connectivity index (χ3v) is 5.14. The normalized spacial score (nSPS) is 15.1. The van der Waals surface area contributed by atoms with Crippen LogP contribution in [0.4, 0.5) is 0 Å². The summed E-state index contributed by atoms with van der Waals surface area (Å²) in [6.07, 6.45) is 0.745. The van der Waals surface area contributed by atoms with Crippen molar-refractivity contribution in [3.05, 3.63) is 52.6 Å². The van der Waals surface area contributed by atoms with Crippen LogP contribution in [0.2, 0.25) is 0 Å². The van der Waals surface area contributed by atoms with Gasteiger partial charge in [0.05, 0.1) is 0 Å². The fourth-order valence-corrected chi connectivity index (χ4v) is 3.77. The quantitative estimate of drug-likeness (QED) is 0.754. The molecule has 0 atom stereocenters. The molecule has 2 aromatic heterocycles. The van der Waals surface area contributed by atoms with Crippen molar-refractivity contribution >= 4 is 5.91 Å². The lowest BCUT2D eigenvalue weighted by Gasteiger charge is -2.27. The first-order valence-corrected chi connectivity index (χ1v) is 8.92. The molecule has 138 valence electrons.